The Labute approximate surface area is 265 Å². The Hall–Kier alpha value is -5.19. The quantitative estimate of drug-likeness (QED) is 0.223. The molecule has 0 fully saturated rings. The number of carbonyl (C=O) groups is 5. The highest BCUT2D eigenvalue weighted by Crippen LogP contribution is 2.57. The van der Waals surface area contributed by atoms with Crippen LogP contribution in [-0.2, 0) is 29.5 Å². The molecule has 2 N–H and O–H groups in total. The van der Waals surface area contributed by atoms with Crippen molar-refractivity contribution in [3.63, 3.8) is 0 Å². The molecule has 0 atom stereocenters. The lowest BCUT2D eigenvalue weighted by atomic mass is 9.77. The van der Waals surface area contributed by atoms with Crippen LogP contribution in [0.3, 0.4) is 0 Å². The minimum Gasteiger partial charge on any atom is -0.481 e. The minimum atomic E-state index is -1.49. The number of ether oxygens (including phenoxy) is 4. The Kier molecular flexibility index (Phi) is 8.14. The van der Waals surface area contributed by atoms with Crippen molar-refractivity contribution in [1.82, 2.24) is 0 Å². The number of hydrogen-bond donors (Lipinski definition) is 2. The fraction of sp³-hybridized carbons (Fsp3) is 0.343. The maximum absolute atomic E-state index is 13.5. The zero-order valence-electron chi connectivity index (χ0n) is 26.4. The van der Waals surface area contributed by atoms with Crippen molar-refractivity contribution in [3.05, 3.63) is 76.9 Å². The summed E-state index contributed by atoms with van der Waals surface area (Å²) in [6.07, 6.45) is 0.0343. The van der Waals surface area contributed by atoms with Crippen molar-refractivity contribution in [2.75, 3.05) is 5.32 Å². The average Bonchev–Trinajstić information content (AvgIpc) is 3.23. The first kappa shape index (κ1) is 32.2. The number of aliphatic carboxylic acids is 1. The lowest BCUT2D eigenvalue weighted by Gasteiger charge is -2.36. The summed E-state index contributed by atoms with van der Waals surface area (Å²) in [5.41, 5.74) is -1.06. The first-order valence-electron chi connectivity index (χ1n) is 14.8. The topological polar surface area (TPSA) is 155 Å². The molecular weight excluding hydrogens is 594 g/mol. The summed E-state index contributed by atoms with van der Waals surface area (Å²) in [6, 6.07) is 14.4. The van der Waals surface area contributed by atoms with Gasteiger partial charge in [-0.15, -0.1) is 0 Å². The zero-order chi connectivity index (χ0) is 33.6. The van der Waals surface area contributed by atoms with E-state index in [0.717, 1.165) is 0 Å². The molecule has 0 bridgehead atoms. The van der Waals surface area contributed by atoms with Gasteiger partial charge in [0.25, 0.3) is 0 Å². The van der Waals surface area contributed by atoms with E-state index >= 15 is 0 Å². The van der Waals surface area contributed by atoms with E-state index in [1.807, 2.05) is 0 Å². The van der Waals surface area contributed by atoms with Gasteiger partial charge in [0.2, 0.25) is 5.91 Å². The molecule has 2 aliphatic rings. The molecule has 11 nitrogen and oxygen atoms in total. The molecule has 0 radical (unpaired) electrons. The van der Waals surface area contributed by atoms with E-state index < -0.39 is 46.2 Å². The normalized spacial score (nSPS) is 14.3. The summed E-state index contributed by atoms with van der Waals surface area (Å²) in [6.45, 7) is 10.4. The van der Waals surface area contributed by atoms with Crippen molar-refractivity contribution >= 4 is 35.5 Å². The lowest BCUT2D eigenvalue weighted by Crippen LogP contribution is -2.33. The number of carbonyl (C=O) groups excluding carboxylic acids is 4. The van der Waals surface area contributed by atoms with Gasteiger partial charge in [0.15, 0.2) is 5.60 Å². The van der Waals surface area contributed by atoms with Gasteiger partial charge in [0.1, 0.15) is 23.0 Å². The van der Waals surface area contributed by atoms with Crippen LogP contribution in [0.2, 0.25) is 0 Å². The Balaban J connectivity index is 1.58. The highest BCUT2D eigenvalue weighted by Gasteiger charge is 2.54. The molecule has 5 rings (SSSR count). The molecular formula is C35H35NO10. The molecule has 2 aliphatic heterocycles. The maximum atomic E-state index is 13.5. The van der Waals surface area contributed by atoms with Gasteiger partial charge in [0.05, 0.1) is 16.4 Å². The number of carboxylic acid groups (broad SMARTS) is 1. The molecule has 0 aliphatic carbocycles. The molecule has 1 spiro atoms. The maximum Gasteiger partial charge on any atom is 0.340 e. The van der Waals surface area contributed by atoms with Gasteiger partial charge < -0.3 is 29.4 Å². The van der Waals surface area contributed by atoms with Crippen LogP contribution in [0.4, 0.5) is 5.69 Å². The third-order valence-electron chi connectivity index (χ3n) is 7.47. The second-order valence-corrected chi connectivity index (χ2v) is 13.3. The largest absolute Gasteiger partial charge is 0.481 e. The van der Waals surface area contributed by atoms with Gasteiger partial charge in [-0.25, -0.2) is 4.79 Å². The molecule has 0 aromatic heterocycles. The molecule has 3 aromatic rings. The SMILES string of the molecule is CC(C)(C)C(=O)Oc1ccc2c(c1)Oc1cc(OC(=O)C(C)(C)C)ccc1C21OC(=O)c2cc(NC(=O)CCCC(=O)O)ccc21. The van der Waals surface area contributed by atoms with Crippen LogP contribution >= 0.6 is 0 Å². The van der Waals surface area contributed by atoms with E-state index in [9.17, 15) is 24.0 Å². The fourth-order valence-corrected chi connectivity index (χ4v) is 5.04. The summed E-state index contributed by atoms with van der Waals surface area (Å²) in [4.78, 5) is 62.0. The number of anilines is 1. The number of carboxylic acids is 1. The number of nitrogens with one attached hydrogen (secondary N) is 1. The van der Waals surface area contributed by atoms with Crippen LogP contribution in [0.25, 0.3) is 0 Å². The van der Waals surface area contributed by atoms with Gasteiger partial charge in [-0.2, -0.15) is 0 Å². The van der Waals surface area contributed by atoms with Crippen LogP contribution < -0.4 is 19.5 Å². The molecule has 240 valence electrons. The molecule has 2 heterocycles. The Morgan fingerprint density at radius 3 is 1.78 bits per heavy atom. The average molecular weight is 630 g/mol. The molecule has 0 unspecified atom stereocenters. The van der Waals surface area contributed by atoms with Crippen molar-refractivity contribution in [3.8, 4) is 23.0 Å². The predicted octanol–water partition coefficient (Wildman–Crippen LogP) is 6.35. The zero-order valence-corrected chi connectivity index (χ0v) is 26.4. The van der Waals surface area contributed by atoms with Crippen molar-refractivity contribution in [2.45, 2.75) is 66.4 Å². The number of amides is 1. The monoisotopic (exact) mass is 629 g/mol. The number of esters is 3. The van der Waals surface area contributed by atoms with Crippen molar-refractivity contribution in [1.29, 1.82) is 0 Å². The Morgan fingerprint density at radius 2 is 1.28 bits per heavy atom. The third kappa shape index (κ3) is 6.17. The van der Waals surface area contributed by atoms with E-state index in [-0.39, 0.29) is 47.8 Å². The van der Waals surface area contributed by atoms with E-state index in [4.69, 9.17) is 24.1 Å². The van der Waals surface area contributed by atoms with Crippen LogP contribution in [0.1, 0.15) is 87.9 Å². The van der Waals surface area contributed by atoms with Crippen molar-refractivity contribution < 1.29 is 48.0 Å². The number of fused-ring (bicyclic) bond motifs is 6. The van der Waals surface area contributed by atoms with E-state index in [1.165, 1.54) is 18.2 Å². The van der Waals surface area contributed by atoms with Gasteiger partial charge in [-0.3, -0.25) is 19.2 Å². The molecule has 0 saturated heterocycles. The molecule has 1 amide bonds. The number of hydrogen-bond acceptors (Lipinski definition) is 9. The van der Waals surface area contributed by atoms with Crippen LogP contribution in [-0.4, -0.2) is 34.9 Å². The van der Waals surface area contributed by atoms with Crippen LogP contribution in [0.15, 0.2) is 54.6 Å². The van der Waals surface area contributed by atoms with Gasteiger partial charge in [-0.1, -0.05) is 6.07 Å². The molecule has 46 heavy (non-hydrogen) atoms. The fourth-order valence-electron chi connectivity index (χ4n) is 5.04. The standard InChI is InChI=1S/C35H35NO10/c1-33(2,3)31(41)43-20-11-14-24-26(17-20)45-27-18-21(44-32(42)34(4,5)6)12-15-25(27)35(24)23-13-10-19(16-22(23)30(40)46-35)36-28(37)8-7-9-29(38)39/h10-18H,7-9H2,1-6H3,(H,36,37)(H,38,39). The highest BCUT2D eigenvalue weighted by molar-refractivity contribution is 6.00. The number of benzene rings is 3. The molecule has 11 heteroatoms. The lowest BCUT2D eigenvalue weighted by molar-refractivity contribution is -0.143. The van der Waals surface area contributed by atoms with Gasteiger partial charge >= 0.3 is 23.9 Å². The van der Waals surface area contributed by atoms with Crippen LogP contribution in [0, 0.1) is 10.8 Å². The Bertz CT molecular complexity index is 1700. The Morgan fingerprint density at radius 1 is 0.761 bits per heavy atom. The summed E-state index contributed by atoms with van der Waals surface area (Å²) >= 11 is 0. The highest BCUT2D eigenvalue weighted by atomic mass is 16.6. The summed E-state index contributed by atoms with van der Waals surface area (Å²) < 4.78 is 23.7. The first-order chi connectivity index (χ1) is 21.5. The van der Waals surface area contributed by atoms with E-state index in [0.29, 0.717) is 22.4 Å². The summed E-state index contributed by atoms with van der Waals surface area (Å²) in [5.74, 6) is -1.99. The third-order valence-corrected chi connectivity index (χ3v) is 7.47. The van der Waals surface area contributed by atoms with Gasteiger partial charge in [-0.05, 0) is 84.4 Å². The summed E-state index contributed by atoms with van der Waals surface area (Å²) in [5, 5.41) is 11.6. The van der Waals surface area contributed by atoms with Crippen LogP contribution in [0.5, 0.6) is 23.0 Å². The van der Waals surface area contributed by atoms with Crippen molar-refractivity contribution in [2.24, 2.45) is 10.8 Å². The number of rotatable bonds is 7. The van der Waals surface area contributed by atoms with Gasteiger partial charge in [0, 0.05) is 47.4 Å². The predicted molar refractivity (Wildman–Crippen MR) is 165 cm³/mol. The summed E-state index contributed by atoms with van der Waals surface area (Å²) in [7, 11) is 0. The first-order valence-corrected chi connectivity index (χ1v) is 14.8. The molecule has 3 aromatic carbocycles. The smallest absolute Gasteiger partial charge is 0.340 e. The second kappa shape index (κ2) is 11.6. The van der Waals surface area contributed by atoms with E-state index in [1.54, 1.807) is 77.9 Å². The second-order valence-electron chi connectivity index (χ2n) is 13.3. The molecule has 0 saturated carbocycles. The van der Waals surface area contributed by atoms with E-state index in [2.05, 4.69) is 5.32 Å². The minimum absolute atomic E-state index is 0.0000993.